The quantitative estimate of drug-likeness (QED) is 0.612. The van der Waals surface area contributed by atoms with E-state index in [-0.39, 0.29) is 5.56 Å². The maximum Gasteiger partial charge on any atom is 0.352 e. The number of pyridine rings is 1. The molecule has 0 aliphatic rings. The monoisotopic (exact) mass is 219 g/mol. The summed E-state index contributed by atoms with van der Waals surface area (Å²) in [6.45, 7) is 1.25. The molecule has 5 nitrogen and oxygen atoms in total. The van der Waals surface area contributed by atoms with Gasteiger partial charge in [0.05, 0.1) is 0 Å². The SMILES string of the molecule is CC(=O)OOc1ccc2[nH]c(=O)ccc2c1. The van der Waals surface area contributed by atoms with Crippen LogP contribution in [-0.4, -0.2) is 11.0 Å². The summed E-state index contributed by atoms with van der Waals surface area (Å²) in [6.07, 6.45) is 0. The van der Waals surface area contributed by atoms with Crippen LogP contribution in [0.15, 0.2) is 35.1 Å². The van der Waals surface area contributed by atoms with E-state index >= 15 is 0 Å². The first-order chi connectivity index (χ1) is 7.65. The summed E-state index contributed by atoms with van der Waals surface area (Å²) < 4.78 is 0. The van der Waals surface area contributed by atoms with Gasteiger partial charge in [-0.1, -0.05) is 0 Å². The normalized spacial score (nSPS) is 10.1. The minimum Gasteiger partial charge on any atom is -0.322 e. The first-order valence-electron chi connectivity index (χ1n) is 4.63. The van der Waals surface area contributed by atoms with Crippen molar-refractivity contribution in [1.29, 1.82) is 0 Å². The summed E-state index contributed by atoms with van der Waals surface area (Å²) in [4.78, 5) is 33.4. The van der Waals surface area contributed by atoms with Gasteiger partial charge in [0.2, 0.25) is 5.56 Å². The van der Waals surface area contributed by atoms with E-state index in [1.807, 2.05) is 0 Å². The Kier molecular flexibility index (Phi) is 2.59. The fraction of sp³-hybridized carbons (Fsp3) is 0.0909. The van der Waals surface area contributed by atoms with Crippen molar-refractivity contribution in [3.63, 3.8) is 0 Å². The molecule has 0 atom stereocenters. The second-order valence-electron chi connectivity index (χ2n) is 3.23. The standard InChI is InChI=1S/C11H9NO4/c1-7(13)15-16-9-3-4-10-8(6-9)2-5-11(14)12-10/h2-6H,1H3,(H,12,14). The number of fused-ring (bicyclic) bond motifs is 1. The van der Waals surface area contributed by atoms with Gasteiger partial charge in [0, 0.05) is 23.9 Å². The van der Waals surface area contributed by atoms with Gasteiger partial charge in [-0.2, -0.15) is 0 Å². The fourth-order valence-electron chi connectivity index (χ4n) is 1.29. The zero-order chi connectivity index (χ0) is 11.5. The molecular formula is C11H9NO4. The van der Waals surface area contributed by atoms with E-state index in [4.69, 9.17) is 4.89 Å². The summed E-state index contributed by atoms with van der Waals surface area (Å²) in [5, 5.41) is 0.796. The lowest BCUT2D eigenvalue weighted by molar-refractivity contribution is -0.210. The number of hydrogen-bond acceptors (Lipinski definition) is 4. The van der Waals surface area contributed by atoms with Crippen LogP contribution in [-0.2, 0) is 9.68 Å². The molecule has 0 amide bonds. The van der Waals surface area contributed by atoms with Gasteiger partial charge in [-0.15, -0.1) is 0 Å². The van der Waals surface area contributed by atoms with Crippen molar-refractivity contribution >= 4 is 16.9 Å². The van der Waals surface area contributed by atoms with Crippen LogP contribution in [0.4, 0.5) is 0 Å². The number of carbonyl (C=O) groups excluding carboxylic acids is 1. The van der Waals surface area contributed by atoms with Gasteiger partial charge in [0.25, 0.3) is 0 Å². The zero-order valence-corrected chi connectivity index (χ0v) is 8.52. The molecule has 2 aromatic rings. The van der Waals surface area contributed by atoms with Crippen molar-refractivity contribution in [3.05, 3.63) is 40.7 Å². The summed E-state index contributed by atoms with van der Waals surface area (Å²) in [5.74, 6) is -0.128. The summed E-state index contributed by atoms with van der Waals surface area (Å²) in [6, 6.07) is 8.01. The second kappa shape index (κ2) is 4.06. The highest BCUT2D eigenvalue weighted by atomic mass is 17.2. The predicted molar refractivity (Wildman–Crippen MR) is 57.0 cm³/mol. The Balaban J connectivity index is 2.33. The molecule has 1 N–H and O–H groups in total. The second-order valence-corrected chi connectivity index (χ2v) is 3.23. The zero-order valence-electron chi connectivity index (χ0n) is 8.52. The highest BCUT2D eigenvalue weighted by Crippen LogP contribution is 2.18. The molecule has 0 aliphatic heterocycles. The van der Waals surface area contributed by atoms with E-state index in [0.717, 1.165) is 5.39 Å². The van der Waals surface area contributed by atoms with Crippen molar-refractivity contribution in [2.45, 2.75) is 6.92 Å². The largest absolute Gasteiger partial charge is 0.352 e. The van der Waals surface area contributed by atoms with Crippen molar-refractivity contribution in [2.75, 3.05) is 0 Å². The lowest BCUT2D eigenvalue weighted by Crippen LogP contribution is -2.04. The van der Waals surface area contributed by atoms with Gasteiger partial charge >= 0.3 is 5.97 Å². The van der Waals surface area contributed by atoms with Crippen LogP contribution < -0.4 is 10.4 Å². The van der Waals surface area contributed by atoms with E-state index in [0.29, 0.717) is 11.3 Å². The third-order valence-electron chi connectivity index (χ3n) is 1.95. The van der Waals surface area contributed by atoms with E-state index < -0.39 is 5.97 Å². The van der Waals surface area contributed by atoms with Crippen LogP contribution in [0.2, 0.25) is 0 Å². The summed E-state index contributed by atoms with van der Waals surface area (Å²) >= 11 is 0. The third kappa shape index (κ3) is 2.20. The van der Waals surface area contributed by atoms with Gasteiger partial charge in [-0.25, -0.2) is 4.79 Å². The van der Waals surface area contributed by atoms with Crippen LogP contribution in [0.3, 0.4) is 0 Å². The molecule has 0 bridgehead atoms. The lowest BCUT2D eigenvalue weighted by Gasteiger charge is -2.03. The van der Waals surface area contributed by atoms with E-state index in [2.05, 4.69) is 9.87 Å². The minimum atomic E-state index is -0.526. The van der Waals surface area contributed by atoms with Gasteiger partial charge in [0.1, 0.15) is 0 Å². The van der Waals surface area contributed by atoms with Crippen LogP contribution in [0.5, 0.6) is 5.75 Å². The van der Waals surface area contributed by atoms with Crippen LogP contribution in [0, 0.1) is 0 Å². The number of hydrogen-bond donors (Lipinski definition) is 1. The number of aromatic amines is 1. The van der Waals surface area contributed by atoms with Crippen LogP contribution in [0.1, 0.15) is 6.92 Å². The number of aromatic nitrogens is 1. The average Bonchev–Trinajstić information content (AvgIpc) is 2.26. The van der Waals surface area contributed by atoms with Crippen LogP contribution in [0.25, 0.3) is 10.9 Å². The number of benzene rings is 1. The molecule has 0 radical (unpaired) electrons. The van der Waals surface area contributed by atoms with E-state index in [1.165, 1.54) is 13.0 Å². The third-order valence-corrected chi connectivity index (χ3v) is 1.95. The molecule has 2 rings (SSSR count). The average molecular weight is 219 g/mol. The molecule has 1 heterocycles. The number of rotatable bonds is 2. The Bertz CT molecular complexity index is 588. The van der Waals surface area contributed by atoms with Crippen molar-refractivity contribution in [2.24, 2.45) is 0 Å². The Morgan fingerprint density at radius 3 is 2.81 bits per heavy atom. The molecule has 1 aromatic carbocycles. The maximum atomic E-state index is 11.0. The summed E-state index contributed by atoms with van der Waals surface area (Å²) in [5.41, 5.74) is 0.531. The molecule has 82 valence electrons. The molecular weight excluding hydrogens is 210 g/mol. The topological polar surface area (TPSA) is 68.4 Å². The number of H-pyrrole nitrogens is 1. The Hall–Kier alpha value is -2.30. The Morgan fingerprint density at radius 1 is 1.25 bits per heavy atom. The van der Waals surface area contributed by atoms with Gasteiger partial charge in [-0.3, -0.25) is 14.6 Å². The first kappa shape index (κ1) is 10.2. The van der Waals surface area contributed by atoms with Crippen molar-refractivity contribution in [1.82, 2.24) is 4.98 Å². The molecule has 0 aliphatic carbocycles. The first-order valence-corrected chi connectivity index (χ1v) is 4.63. The highest BCUT2D eigenvalue weighted by Gasteiger charge is 2.00. The van der Waals surface area contributed by atoms with Crippen LogP contribution >= 0.6 is 0 Å². The number of nitrogens with one attached hydrogen (secondary N) is 1. The predicted octanol–water partition coefficient (Wildman–Crippen LogP) is 1.39. The molecule has 0 saturated carbocycles. The number of carbonyl (C=O) groups is 1. The molecule has 0 fully saturated rings. The fourth-order valence-corrected chi connectivity index (χ4v) is 1.29. The summed E-state index contributed by atoms with van der Waals surface area (Å²) in [7, 11) is 0. The van der Waals surface area contributed by atoms with E-state index in [1.54, 1.807) is 24.3 Å². The molecule has 0 unspecified atom stereocenters. The van der Waals surface area contributed by atoms with E-state index in [9.17, 15) is 9.59 Å². The highest BCUT2D eigenvalue weighted by molar-refractivity contribution is 5.79. The molecule has 16 heavy (non-hydrogen) atoms. The van der Waals surface area contributed by atoms with Crippen molar-refractivity contribution in [3.8, 4) is 5.75 Å². The molecule has 0 spiro atoms. The maximum absolute atomic E-state index is 11.0. The Labute approximate surface area is 90.5 Å². The molecule has 0 saturated heterocycles. The molecule has 1 aromatic heterocycles. The molecule has 5 heteroatoms. The minimum absolute atomic E-state index is 0.166. The Morgan fingerprint density at radius 2 is 2.06 bits per heavy atom. The lowest BCUT2D eigenvalue weighted by atomic mass is 10.2. The van der Waals surface area contributed by atoms with Crippen molar-refractivity contribution < 1.29 is 14.6 Å². The van der Waals surface area contributed by atoms with Gasteiger partial charge < -0.3 is 4.98 Å². The van der Waals surface area contributed by atoms with Gasteiger partial charge in [0.15, 0.2) is 5.75 Å². The van der Waals surface area contributed by atoms with Gasteiger partial charge in [-0.05, 0) is 24.3 Å². The smallest absolute Gasteiger partial charge is 0.322 e.